The third-order valence-corrected chi connectivity index (χ3v) is 4.70. The molecule has 1 unspecified atom stereocenters. The smallest absolute Gasteiger partial charge is 0.126 e. The van der Waals surface area contributed by atoms with E-state index in [0.717, 1.165) is 24.8 Å². The molecule has 4 heteroatoms. The van der Waals surface area contributed by atoms with Crippen LogP contribution >= 0.6 is 0 Å². The monoisotopic (exact) mass is 282 g/mol. The number of rotatable bonds is 5. The van der Waals surface area contributed by atoms with E-state index in [1.54, 1.807) is 0 Å². The summed E-state index contributed by atoms with van der Waals surface area (Å²) in [5, 5.41) is 0. The van der Waals surface area contributed by atoms with Crippen LogP contribution in [0.5, 0.6) is 0 Å². The summed E-state index contributed by atoms with van der Waals surface area (Å²) in [6.07, 6.45) is 6.33. The highest BCUT2D eigenvalue weighted by Crippen LogP contribution is 2.33. The lowest BCUT2D eigenvalue weighted by Gasteiger charge is -2.33. The van der Waals surface area contributed by atoms with Crippen LogP contribution in [0.4, 0.5) is 8.78 Å². The highest BCUT2D eigenvalue weighted by molar-refractivity contribution is 5.20. The molecule has 0 amide bonds. The van der Waals surface area contributed by atoms with E-state index in [-0.39, 0.29) is 11.9 Å². The van der Waals surface area contributed by atoms with Crippen molar-refractivity contribution < 1.29 is 8.78 Å². The van der Waals surface area contributed by atoms with Crippen molar-refractivity contribution in [1.82, 2.24) is 5.43 Å². The van der Waals surface area contributed by atoms with Crippen LogP contribution in [0.15, 0.2) is 18.2 Å². The molecular weight excluding hydrogens is 258 g/mol. The van der Waals surface area contributed by atoms with Crippen molar-refractivity contribution in [1.29, 1.82) is 0 Å². The standard InChI is InChI=1S/C16H24F2N2/c1-2-11-3-5-12(6-4-11)16(20-19)10-13-9-14(17)7-8-15(13)18/h7-9,11-12,16,20H,2-6,10,19H2,1H3. The molecule has 0 aromatic heterocycles. The molecule has 0 radical (unpaired) electrons. The van der Waals surface area contributed by atoms with Crippen molar-refractivity contribution >= 4 is 0 Å². The Kier molecular flexibility index (Phi) is 5.49. The average molecular weight is 282 g/mol. The van der Waals surface area contributed by atoms with Crippen molar-refractivity contribution in [3.8, 4) is 0 Å². The first-order valence-electron chi connectivity index (χ1n) is 7.54. The van der Waals surface area contributed by atoms with Gasteiger partial charge in [-0.1, -0.05) is 26.2 Å². The SMILES string of the molecule is CCC1CCC(C(Cc2cc(F)ccc2F)NN)CC1. The molecule has 1 aliphatic carbocycles. The Morgan fingerprint density at radius 2 is 1.95 bits per heavy atom. The zero-order valence-electron chi connectivity index (χ0n) is 12.0. The molecule has 20 heavy (non-hydrogen) atoms. The van der Waals surface area contributed by atoms with E-state index in [0.29, 0.717) is 17.9 Å². The first-order chi connectivity index (χ1) is 9.63. The van der Waals surface area contributed by atoms with E-state index in [1.165, 1.54) is 31.4 Å². The fourth-order valence-electron chi connectivity index (χ4n) is 3.30. The van der Waals surface area contributed by atoms with Gasteiger partial charge in [0.1, 0.15) is 11.6 Å². The maximum atomic E-state index is 13.7. The molecule has 0 aliphatic heterocycles. The van der Waals surface area contributed by atoms with E-state index in [9.17, 15) is 8.78 Å². The van der Waals surface area contributed by atoms with Crippen molar-refractivity contribution in [2.24, 2.45) is 17.7 Å². The van der Waals surface area contributed by atoms with Gasteiger partial charge in [0, 0.05) is 6.04 Å². The second-order valence-corrected chi connectivity index (χ2v) is 5.90. The molecule has 0 bridgehead atoms. The fourth-order valence-corrected chi connectivity index (χ4v) is 3.30. The summed E-state index contributed by atoms with van der Waals surface area (Å²) in [6, 6.07) is 3.63. The van der Waals surface area contributed by atoms with Crippen molar-refractivity contribution in [3.63, 3.8) is 0 Å². The molecule has 112 valence electrons. The Hall–Kier alpha value is -1.00. The minimum Gasteiger partial charge on any atom is -0.271 e. The van der Waals surface area contributed by atoms with Gasteiger partial charge in [-0.25, -0.2) is 8.78 Å². The van der Waals surface area contributed by atoms with Crippen LogP contribution in [-0.4, -0.2) is 6.04 Å². The van der Waals surface area contributed by atoms with Gasteiger partial charge >= 0.3 is 0 Å². The molecule has 2 nitrogen and oxygen atoms in total. The zero-order valence-corrected chi connectivity index (χ0v) is 12.0. The van der Waals surface area contributed by atoms with Crippen molar-refractivity contribution in [2.45, 2.75) is 51.5 Å². The highest BCUT2D eigenvalue weighted by Gasteiger charge is 2.27. The Morgan fingerprint density at radius 3 is 2.55 bits per heavy atom. The summed E-state index contributed by atoms with van der Waals surface area (Å²) in [7, 11) is 0. The second kappa shape index (κ2) is 7.14. The second-order valence-electron chi connectivity index (χ2n) is 5.90. The van der Waals surface area contributed by atoms with Gasteiger partial charge in [0.25, 0.3) is 0 Å². The number of nitrogens with two attached hydrogens (primary N) is 1. The van der Waals surface area contributed by atoms with Crippen LogP contribution in [-0.2, 0) is 6.42 Å². The lowest BCUT2D eigenvalue weighted by atomic mass is 9.76. The van der Waals surface area contributed by atoms with E-state index in [1.807, 2.05) is 0 Å². The van der Waals surface area contributed by atoms with Gasteiger partial charge in [-0.2, -0.15) is 0 Å². The molecule has 0 saturated heterocycles. The fraction of sp³-hybridized carbons (Fsp3) is 0.625. The topological polar surface area (TPSA) is 38.0 Å². The molecule has 1 aromatic rings. The molecule has 1 fully saturated rings. The summed E-state index contributed by atoms with van der Waals surface area (Å²) in [5.41, 5.74) is 3.22. The van der Waals surface area contributed by atoms with Crippen LogP contribution in [0.3, 0.4) is 0 Å². The molecular formula is C16H24F2N2. The number of hydrogen-bond donors (Lipinski definition) is 2. The Morgan fingerprint density at radius 1 is 1.25 bits per heavy atom. The lowest BCUT2D eigenvalue weighted by Crippen LogP contribution is -2.43. The maximum Gasteiger partial charge on any atom is 0.126 e. The molecule has 1 aromatic carbocycles. The normalized spacial score (nSPS) is 24.6. The Labute approximate surface area is 119 Å². The molecule has 1 atom stereocenters. The van der Waals surface area contributed by atoms with Crippen molar-refractivity contribution in [3.05, 3.63) is 35.4 Å². The van der Waals surface area contributed by atoms with Gasteiger partial charge in [-0.15, -0.1) is 0 Å². The summed E-state index contributed by atoms with van der Waals surface area (Å²) in [5.74, 6) is 6.16. The van der Waals surface area contributed by atoms with E-state index in [2.05, 4.69) is 12.3 Å². The van der Waals surface area contributed by atoms with Crippen molar-refractivity contribution in [2.75, 3.05) is 0 Å². The minimum atomic E-state index is -0.396. The van der Waals surface area contributed by atoms with Crippen LogP contribution in [0, 0.1) is 23.5 Å². The van der Waals surface area contributed by atoms with Crippen LogP contribution in [0.25, 0.3) is 0 Å². The molecule has 0 spiro atoms. The van der Waals surface area contributed by atoms with Crippen LogP contribution in [0.1, 0.15) is 44.6 Å². The van der Waals surface area contributed by atoms with E-state index < -0.39 is 5.82 Å². The van der Waals surface area contributed by atoms with Gasteiger partial charge in [-0.3, -0.25) is 11.3 Å². The van der Waals surface area contributed by atoms with Gasteiger partial charge in [0.15, 0.2) is 0 Å². The third-order valence-electron chi connectivity index (χ3n) is 4.70. The van der Waals surface area contributed by atoms with Gasteiger partial charge < -0.3 is 0 Å². The van der Waals surface area contributed by atoms with Crippen LogP contribution < -0.4 is 11.3 Å². The van der Waals surface area contributed by atoms with E-state index >= 15 is 0 Å². The first-order valence-corrected chi connectivity index (χ1v) is 7.54. The average Bonchev–Trinajstić information content (AvgIpc) is 2.48. The minimum absolute atomic E-state index is 0.0177. The summed E-state index contributed by atoms with van der Waals surface area (Å²) in [4.78, 5) is 0. The zero-order chi connectivity index (χ0) is 14.5. The van der Waals surface area contributed by atoms with Gasteiger partial charge in [0.05, 0.1) is 0 Å². The molecule has 3 N–H and O–H groups in total. The first kappa shape index (κ1) is 15.4. The number of halogens is 2. The summed E-state index contributed by atoms with van der Waals surface area (Å²) >= 11 is 0. The Bertz CT molecular complexity index is 428. The van der Waals surface area contributed by atoms with Gasteiger partial charge in [-0.05, 0) is 54.9 Å². The number of hydrazine groups is 1. The van der Waals surface area contributed by atoms with Gasteiger partial charge in [0.2, 0.25) is 0 Å². The third kappa shape index (κ3) is 3.76. The maximum absolute atomic E-state index is 13.7. The van der Waals surface area contributed by atoms with Crippen LogP contribution in [0.2, 0.25) is 0 Å². The quantitative estimate of drug-likeness (QED) is 0.640. The summed E-state index contributed by atoms with van der Waals surface area (Å²) in [6.45, 7) is 2.23. The number of benzene rings is 1. The predicted molar refractivity (Wildman–Crippen MR) is 76.9 cm³/mol. The molecule has 2 rings (SSSR count). The molecule has 0 heterocycles. The predicted octanol–water partition coefficient (Wildman–Crippen LogP) is 3.56. The van der Waals surface area contributed by atoms with E-state index in [4.69, 9.17) is 5.84 Å². The Balaban J connectivity index is 2.00. The number of hydrogen-bond acceptors (Lipinski definition) is 2. The molecule has 1 saturated carbocycles. The molecule has 1 aliphatic rings. The lowest BCUT2D eigenvalue weighted by molar-refractivity contribution is 0.216. The number of nitrogens with one attached hydrogen (secondary N) is 1. The largest absolute Gasteiger partial charge is 0.271 e. The summed E-state index contributed by atoms with van der Waals surface area (Å²) < 4.78 is 26.9. The highest BCUT2D eigenvalue weighted by atomic mass is 19.1.